The highest BCUT2D eigenvalue weighted by molar-refractivity contribution is 5.91. The van der Waals surface area contributed by atoms with E-state index in [1.807, 2.05) is 24.3 Å². The molecule has 0 atom stereocenters. The van der Waals surface area contributed by atoms with Crippen LogP contribution in [0.2, 0.25) is 0 Å². The van der Waals surface area contributed by atoms with Gasteiger partial charge in [0.25, 0.3) is 0 Å². The second-order valence-electron chi connectivity index (χ2n) is 2.91. The average molecular weight is 193 g/mol. The molecule has 3 nitrogen and oxygen atoms in total. The third-order valence-electron chi connectivity index (χ3n) is 1.79. The molecule has 76 valence electrons. The molecule has 1 N–H and O–H groups in total. The standard InChI is InChI=1S/C11H15NO2/c1-3-8-14-10-6-4-9(5-7-10)11(12)13-2/h4-7,12H,3,8H2,1-2H3. The van der Waals surface area contributed by atoms with E-state index in [1.54, 1.807) is 0 Å². The number of hydrogen-bond donors (Lipinski definition) is 1. The fourth-order valence-electron chi connectivity index (χ4n) is 1.04. The third kappa shape index (κ3) is 2.76. The Balaban J connectivity index is 2.63. The lowest BCUT2D eigenvalue weighted by Gasteiger charge is -2.05. The van der Waals surface area contributed by atoms with Crippen LogP contribution in [0.4, 0.5) is 0 Å². The van der Waals surface area contributed by atoms with Crippen LogP contribution in [0.1, 0.15) is 18.9 Å². The molecule has 0 aromatic heterocycles. The number of nitrogens with one attached hydrogen (secondary N) is 1. The van der Waals surface area contributed by atoms with Gasteiger partial charge in [-0.3, -0.25) is 5.41 Å². The molecule has 0 amide bonds. The molecule has 14 heavy (non-hydrogen) atoms. The van der Waals surface area contributed by atoms with Crippen molar-refractivity contribution in [3.8, 4) is 5.75 Å². The Morgan fingerprint density at radius 3 is 2.43 bits per heavy atom. The Labute approximate surface area is 84.2 Å². The molecule has 0 saturated heterocycles. The molecule has 1 aromatic carbocycles. The predicted octanol–water partition coefficient (Wildman–Crippen LogP) is 2.45. The highest BCUT2D eigenvalue weighted by Gasteiger charge is 2.00. The van der Waals surface area contributed by atoms with Gasteiger partial charge in [-0.25, -0.2) is 0 Å². The van der Waals surface area contributed by atoms with Gasteiger partial charge in [-0.05, 0) is 30.7 Å². The zero-order valence-corrected chi connectivity index (χ0v) is 8.54. The normalized spacial score (nSPS) is 9.57. The molecular weight excluding hydrogens is 178 g/mol. The molecule has 0 aliphatic rings. The first-order chi connectivity index (χ1) is 6.77. The minimum absolute atomic E-state index is 0.173. The summed E-state index contributed by atoms with van der Waals surface area (Å²) < 4.78 is 10.2. The molecule has 1 rings (SSSR count). The highest BCUT2D eigenvalue weighted by atomic mass is 16.5. The first-order valence-corrected chi connectivity index (χ1v) is 4.63. The molecule has 0 aliphatic carbocycles. The summed E-state index contributed by atoms with van der Waals surface area (Å²) in [6.07, 6.45) is 0.996. The fraction of sp³-hybridized carbons (Fsp3) is 0.364. The van der Waals surface area contributed by atoms with Crippen molar-refractivity contribution in [2.75, 3.05) is 13.7 Å². The van der Waals surface area contributed by atoms with Crippen molar-refractivity contribution in [3.63, 3.8) is 0 Å². The largest absolute Gasteiger partial charge is 0.494 e. The Morgan fingerprint density at radius 1 is 1.29 bits per heavy atom. The van der Waals surface area contributed by atoms with Crippen LogP contribution in [0.5, 0.6) is 5.75 Å². The van der Waals surface area contributed by atoms with Crippen LogP contribution >= 0.6 is 0 Å². The molecule has 0 spiro atoms. The van der Waals surface area contributed by atoms with Crippen molar-refractivity contribution in [1.29, 1.82) is 5.41 Å². The molecule has 3 heteroatoms. The van der Waals surface area contributed by atoms with Gasteiger partial charge in [-0.15, -0.1) is 0 Å². The lowest BCUT2D eigenvalue weighted by molar-refractivity contribution is 0.317. The Bertz CT molecular complexity index is 293. The molecule has 0 saturated carbocycles. The van der Waals surface area contributed by atoms with Gasteiger partial charge in [0, 0.05) is 5.56 Å². The van der Waals surface area contributed by atoms with Gasteiger partial charge in [-0.1, -0.05) is 6.92 Å². The summed E-state index contributed by atoms with van der Waals surface area (Å²) in [5.74, 6) is 1.01. The van der Waals surface area contributed by atoms with Crippen LogP contribution in [0.3, 0.4) is 0 Å². The molecule has 0 bridgehead atoms. The number of rotatable bonds is 4. The van der Waals surface area contributed by atoms with Crippen LogP contribution in [0.25, 0.3) is 0 Å². The van der Waals surface area contributed by atoms with Crippen molar-refractivity contribution >= 4 is 5.90 Å². The summed E-state index contributed by atoms with van der Waals surface area (Å²) >= 11 is 0. The van der Waals surface area contributed by atoms with E-state index in [-0.39, 0.29) is 5.90 Å². The average Bonchev–Trinajstić information content (AvgIpc) is 2.26. The second kappa shape index (κ2) is 5.27. The van der Waals surface area contributed by atoms with Gasteiger partial charge in [0.1, 0.15) is 5.75 Å². The van der Waals surface area contributed by atoms with Gasteiger partial charge in [0.15, 0.2) is 0 Å². The first kappa shape index (κ1) is 10.6. The fourth-order valence-corrected chi connectivity index (χ4v) is 1.04. The van der Waals surface area contributed by atoms with E-state index in [1.165, 1.54) is 7.11 Å². The molecule has 0 heterocycles. The maximum atomic E-state index is 7.42. The Kier molecular flexibility index (Phi) is 3.98. The molecular formula is C11H15NO2. The van der Waals surface area contributed by atoms with Crippen LogP contribution in [-0.4, -0.2) is 19.6 Å². The first-order valence-electron chi connectivity index (χ1n) is 4.63. The van der Waals surface area contributed by atoms with E-state index in [4.69, 9.17) is 14.9 Å². The summed E-state index contributed by atoms with van der Waals surface area (Å²) in [4.78, 5) is 0. The van der Waals surface area contributed by atoms with E-state index >= 15 is 0 Å². The molecule has 0 fully saturated rings. The van der Waals surface area contributed by atoms with E-state index in [0.29, 0.717) is 0 Å². The Morgan fingerprint density at radius 2 is 1.93 bits per heavy atom. The van der Waals surface area contributed by atoms with Gasteiger partial charge < -0.3 is 9.47 Å². The van der Waals surface area contributed by atoms with Crippen molar-refractivity contribution < 1.29 is 9.47 Å². The minimum atomic E-state index is 0.173. The maximum absolute atomic E-state index is 7.42. The summed E-state index contributed by atoms with van der Waals surface area (Å²) in [5.41, 5.74) is 0.761. The number of benzene rings is 1. The van der Waals surface area contributed by atoms with Gasteiger partial charge in [0.2, 0.25) is 5.90 Å². The zero-order chi connectivity index (χ0) is 10.4. The minimum Gasteiger partial charge on any atom is -0.494 e. The molecule has 0 aliphatic heterocycles. The van der Waals surface area contributed by atoms with E-state index in [9.17, 15) is 0 Å². The molecule has 0 radical (unpaired) electrons. The van der Waals surface area contributed by atoms with E-state index < -0.39 is 0 Å². The van der Waals surface area contributed by atoms with Gasteiger partial charge in [0.05, 0.1) is 13.7 Å². The predicted molar refractivity (Wildman–Crippen MR) is 56.1 cm³/mol. The molecule has 1 aromatic rings. The lowest BCUT2D eigenvalue weighted by atomic mass is 10.2. The van der Waals surface area contributed by atoms with Crippen LogP contribution in [0.15, 0.2) is 24.3 Å². The van der Waals surface area contributed by atoms with Crippen molar-refractivity contribution in [3.05, 3.63) is 29.8 Å². The van der Waals surface area contributed by atoms with Crippen LogP contribution < -0.4 is 4.74 Å². The monoisotopic (exact) mass is 193 g/mol. The topological polar surface area (TPSA) is 42.3 Å². The Hall–Kier alpha value is -1.51. The van der Waals surface area contributed by atoms with Crippen LogP contribution in [-0.2, 0) is 4.74 Å². The maximum Gasteiger partial charge on any atom is 0.212 e. The lowest BCUT2D eigenvalue weighted by Crippen LogP contribution is -2.01. The SMILES string of the molecule is CCCOc1ccc(C(=N)OC)cc1. The van der Waals surface area contributed by atoms with Gasteiger partial charge >= 0.3 is 0 Å². The van der Waals surface area contributed by atoms with Crippen molar-refractivity contribution in [1.82, 2.24) is 0 Å². The van der Waals surface area contributed by atoms with E-state index in [2.05, 4.69) is 6.92 Å². The highest BCUT2D eigenvalue weighted by Crippen LogP contribution is 2.12. The van der Waals surface area contributed by atoms with Crippen molar-refractivity contribution in [2.24, 2.45) is 0 Å². The van der Waals surface area contributed by atoms with Crippen LogP contribution in [0, 0.1) is 5.41 Å². The zero-order valence-electron chi connectivity index (χ0n) is 8.54. The smallest absolute Gasteiger partial charge is 0.212 e. The summed E-state index contributed by atoms with van der Waals surface area (Å²) in [6.45, 7) is 2.79. The number of ether oxygens (including phenoxy) is 2. The van der Waals surface area contributed by atoms with E-state index in [0.717, 1.165) is 24.3 Å². The quantitative estimate of drug-likeness (QED) is 0.589. The van der Waals surface area contributed by atoms with Gasteiger partial charge in [-0.2, -0.15) is 0 Å². The summed E-state index contributed by atoms with van der Waals surface area (Å²) in [5, 5.41) is 7.42. The summed E-state index contributed by atoms with van der Waals surface area (Å²) in [6, 6.07) is 7.32. The summed E-state index contributed by atoms with van der Waals surface area (Å²) in [7, 11) is 1.49. The van der Waals surface area contributed by atoms with Crippen molar-refractivity contribution in [2.45, 2.75) is 13.3 Å². The molecule has 0 unspecified atom stereocenters. The second-order valence-corrected chi connectivity index (χ2v) is 2.91. The number of hydrogen-bond acceptors (Lipinski definition) is 3. The number of methoxy groups -OCH3 is 1. The third-order valence-corrected chi connectivity index (χ3v) is 1.79.